The number of amides is 1. The minimum Gasteiger partial charge on any atom is -0.372 e. The maximum absolute atomic E-state index is 13.9. The van der Waals surface area contributed by atoms with Gasteiger partial charge in [0.25, 0.3) is 5.91 Å². The molecule has 1 amide bonds. The number of carbonyl (C=O) groups is 1. The van der Waals surface area contributed by atoms with Crippen LogP contribution < -0.4 is 14.5 Å². The van der Waals surface area contributed by atoms with Crippen LogP contribution in [0.2, 0.25) is 0 Å². The van der Waals surface area contributed by atoms with E-state index in [2.05, 4.69) is 46.0 Å². The molecule has 4 aromatic rings. The molecule has 0 aliphatic carbocycles. The average Bonchev–Trinajstić information content (AvgIpc) is 3.47. The molecule has 2 aliphatic heterocycles. The van der Waals surface area contributed by atoms with E-state index in [-0.39, 0.29) is 4.90 Å². The van der Waals surface area contributed by atoms with Crippen LogP contribution in [0.15, 0.2) is 102 Å². The highest BCUT2D eigenvalue weighted by atomic mass is 32.2. The predicted octanol–water partition coefficient (Wildman–Crippen LogP) is 5.07. The fourth-order valence-corrected chi connectivity index (χ4v) is 7.14. The van der Waals surface area contributed by atoms with Crippen LogP contribution in [0.1, 0.15) is 48.6 Å². The molecule has 1 unspecified atom stereocenters. The topological polar surface area (TPSA) is 89.9 Å². The molecular weight excluding hydrogens is 534 g/mol. The van der Waals surface area contributed by atoms with Crippen molar-refractivity contribution in [1.82, 2.24) is 4.72 Å². The smallest absolute Gasteiger partial charge is 0.268 e. The normalized spacial score (nSPS) is 18.5. The summed E-state index contributed by atoms with van der Waals surface area (Å²) in [6, 6.07) is 29.7. The highest BCUT2D eigenvalue weighted by Gasteiger charge is 2.51. The molecule has 2 aliphatic rings. The number of para-hydroxylation sites is 1. The maximum Gasteiger partial charge on any atom is 0.268 e. The molecule has 0 spiro atoms. The Balaban J connectivity index is 1.25. The molecule has 1 atom stereocenters. The second-order valence-corrected chi connectivity index (χ2v) is 13.5. The number of fused-ring (bicyclic) bond motifs is 2. The van der Waals surface area contributed by atoms with Gasteiger partial charge in [-0.1, -0.05) is 66.7 Å². The Morgan fingerprint density at radius 1 is 0.829 bits per heavy atom. The van der Waals surface area contributed by atoms with Crippen LogP contribution in [0, 0.1) is 0 Å². The minimum absolute atomic E-state index is 0.0663. The first kappa shape index (κ1) is 27.2. The average molecular weight is 568 g/mol. The Morgan fingerprint density at radius 2 is 1.41 bits per heavy atom. The number of hydrogen-bond acceptors (Lipinski definition) is 5. The van der Waals surface area contributed by atoms with E-state index in [1.54, 1.807) is 37.8 Å². The Labute approximate surface area is 241 Å². The number of benzene rings is 4. The molecule has 41 heavy (non-hydrogen) atoms. The van der Waals surface area contributed by atoms with Crippen molar-refractivity contribution in [3.63, 3.8) is 0 Å². The summed E-state index contributed by atoms with van der Waals surface area (Å²) in [6.45, 7) is 7.33. The molecule has 0 bridgehead atoms. The van der Waals surface area contributed by atoms with Gasteiger partial charge < -0.3 is 14.9 Å². The number of nitrogens with one attached hydrogen (secondary N) is 1. The fraction of sp³-hybridized carbons (Fsp3) is 0.242. The summed E-state index contributed by atoms with van der Waals surface area (Å²) in [5.74, 6) is -0.471. The number of hydrogen-bond donors (Lipinski definition) is 2. The van der Waals surface area contributed by atoms with E-state index >= 15 is 0 Å². The van der Waals surface area contributed by atoms with Crippen LogP contribution in [0.4, 0.5) is 11.4 Å². The Kier molecular flexibility index (Phi) is 6.53. The van der Waals surface area contributed by atoms with Crippen LogP contribution in [0.5, 0.6) is 0 Å². The van der Waals surface area contributed by atoms with Crippen LogP contribution in [-0.2, 0) is 40.1 Å². The standard InChI is InChI=1S/C33H33N3O4S/c1-32(2,3)34-41(39,40)28-18-14-26(15-19-28)33(38)29-10-6-7-11-30(29)36(31(33)37)20-23-12-16-27(17-13-23)35-21-24-8-4-5-9-25(24)22-35/h4-19,34,38H,20-22H2,1-3H3. The zero-order valence-electron chi connectivity index (χ0n) is 23.3. The SMILES string of the molecule is CC(C)(C)NS(=O)(=O)c1ccc(C2(O)C(=O)N(Cc3ccc(N4Cc5ccccc5C4)cc3)c3ccccc32)cc1. The van der Waals surface area contributed by atoms with Gasteiger partial charge in [-0.3, -0.25) is 4.79 Å². The van der Waals surface area contributed by atoms with E-state index in [4.69, 9.17) is 0 Å². The summed E-state index contributed by atoms with van der Waals surface area (Å²) < 4.78 is 28.2. The number of rotatable bonds is 6. The van der Waals surface area contributed by atoms with E-state index in [1.165, 1.54) is 35.4 Å². The highest BCUT2D eigenvalue weighted by molar-refractivity contribution is 7.89. The molecule has 0 fully saturated rings. The van der Waals surface area contributed by atoms with Crippen molar-refractivity contribution < 1.29 is 18.3 Å². The molecule has 0 saturated heterocycles. The summed E-state index contributed by atoms with van der Waals surface area (Å²) >= 11 is 0. The minimum atomic E-state index is -3.76. The molecule has 6 rings (SSSR count). The largest absolute Gasteiger partial charge is 0.372 e. The lowest BCUT2D eigenvalue weighted by Crippen LogP contribution is -2.41. The lowest BCUT2D eigenvalue weighted by molar-refractivity contribution is -0.132. The summed E-state index contributed by atoms with van der Waals surface area (Å²) in [5, 5.41) is 11.9. The molecule has 0 saturated carbocycles. The van der Waals surface area contributed by atoms with Gasteiger partial charge >= 0.3 is 0 Å². The van der Waals surface area contributed by atoms with Gasteiger partial charge in [0.1, 0.15) is 0 Å². The number of nitrogens with zero attached hydrogens (tertiary/aromatic N) is 2. The molecule has 2 N–H and O–H groups in total. The van der Waals surface area contributed by atoms with Crippen LogP contribution >= 0.6 is 0 Å². The summed E-state index contributed by atoms with van der Waals surface area (Å²) in [6.07, 6.45) is 0. The van der Waals surface area contributed by atoms with Gasteiger partial charge in [-0.15, -0.1) is 0 Å². The zero-order chi connectivity index (χ0) is 29.0. The highest BCUT2D eigenvalue weighted by Crippen LogP contribution is 2.45. The van der Waals surface area contributed by atoms with Gasteiger partial charge in [0.05, 0.1) is 17.1 Å². The van der Waals surface area contributed by atoms with Crippen molar-refractivity contribution in [2.45, 2.75) is 56.4 Å². The number of carbonyl (C=O) groups excluding carboxylic acids is 1. The van der Waals surface area contributed by atoms with Crippen molar-refractivity contribution >= 4 is 27.3 Å². The summed E-state index contributed by atoms with van der Waals surface area (Å²) in [5.41, 5.74) is 3.57. The van der Waals surface area contributed by atoms with Crippen LogP contribution in [-0.4, -0.2) is 25.0 Å². The Hall–Kier alpha value is -3.98. The monoisotopic (exact) mass is 567 g/mol. The molecule has 210 valence electrons. The van der Waals surface area contributed by atoms with Gasteiger partial charge in [-0.25, -0.2) is 13.1 Å². The van der Waals surface area contributed by atoms with E-state index in [9.17, 15) is 18.3 Å². The van der Waals surface area contributed by atoms with Crippen molar-refractivity contribution in [1.29, 1.82) is 0 Å². The third kappa shape index (κ3) is 4.92. The third-order valence-electron chi connectivity index (χ3n) is 7.65. The third-order valence-corrected chi connectivity index (χ3v) is 9.42. The van der Waals surface area contributed by atoms with Gasteiger partial charge in [-0.05, 0) is 73.4 Å². The van der Waals surface area contributed by atoms with Gasteiger partial charge in [0.15, 0.2) is 5.60 Å². The van der Waals surface area contributed by atoms with Gasteiger partial charge in [-0.2, -0.15) is 0 Å². The van der Waals surface area contributed by atoms with Crippen molar-refractivity contribution in [2.75, 3.05) is 9.80 Å². The lowest BCUT2D eigenvalue weighted by Gasteiger charge is -2.25. The molecule has 0 radical (unpaired) electrons. The first-order chi connectivity index (χ1) is 19.5. The van der Waals surface area contributed by atoms with E-state index < -0.39 is 27.1 Å². The second kappa shape index (κ2) is 9.83. The first-order valence-electron chi connectivity index (χ1n) is 13.6. The van der Waals surface area contributed by atoms with E-state index in [0.29, 0.717) is 23.4 Å². The molecule has 0 aromatic heterocycles. The Morgan fingerprint density at radius 3 is 2.02 bits per heavy atom. The van der Waals surface area contributed by atoms with Crippen molar-refractivity contribution in [2.24, 2.45) is 0 Å². The van der Waals surface area contributed by atoms with Crippen molar-refractivity contribution in [3.05, 3.63) is 125 Å². The predicted molar refractivity (Wildman–Crippen MR) is 160 cm³/mol. The summed E-state index contributed by atoms with van der Waals surface area (Å²) in [7, 11) is -3.76. The number of sulfonamides is 1. The summed E-state index contributed by atoms with van der Waals surface area (Å²) in [4.78, 5) is 17.9. The van der Waals surface area contributed by atoms with Crippen LogP contribution in [0.25, 0.3) is 0 Å². The van der Waals surface area contributed by atoms with Gasteiger partial charge in [0, 0.05) is 29.9 Å². The molecule has 8 heteroatoms. The molecule has 2 heterocycles. The molecule has 7 nitrogen and oxygen atoms in total. The zero-order valence-corrected chi connectivity index (χ0v) is 24.2. The van der Waals surface area contributed by atoms with E-state index in [0.717, 1.165) is 24.3 Å². The van der Waals surface area contributed by atoms with Gasteiger partial charge in [0.2, 0.25) is 10.0 Å². The number of aliphatic hydroxyl groups is 1. The Bertz CT molecular complexity index is 1700. The number of anilines is 2. The molecular formula is C33H33N3O4S. The fourth-order valence-electron chi connectivity index (χ4n) is 5.72. The quantitative estimate of drug-likeness (QED) is 0.340. The second-order valence-electron chi connectivity index (χ2n) is 11.8. The van der Waals surface area contributed by atoms with E-state index in [1.807, 2.05) is 24.3 Å². The lowest BCUT2D eigenvalue weighted by atomic mass is 9.87. The first-order valence-corrected chi connectivity index (χ1v) is 15.1. The maximum atomic E-state index is 13.9. The molecule has 4 aromatic carbocycles. The van der Waals surface area contributed by atoms with Crippen molar-refractivity contribution in [3.8, 4) is 0 Å². The van der Waals surface area contributed by atoms with Crippen LogP contribution in [0.3, 0.4) is 0 Å².